The van der Waals surface area contributed by atoms with Crippen LogP contribution in [0.25, 0.3) is 32.9 Å². The first-order chi connectivity index (χ1) is 8.74. The summed E-state index contributed by atoms with van der Waals surface area (Å²) >= 11 is 0. The molecule has 0 aliphatic heterocycles. The largest absolute Gasteiger partial charge is 0.441 e. The van der Waals surface area contributed by atoms with E-state index in [1.54, 1.807) is 0 Å². The van der Waals surface area contributed by atoms with Crippen LogP contribution < -0.4 is 0 Å². The molecule has 0 aliphatic rings. The average Bonchev–Trinajstić information content (AvgIpc) is 2.86. The van der Waals surface area contributed by atoms with Crippen molar-refractivity contribution < 1.29 is 4.42 Å². The summed E-state index contributed by atoms with van der Waals surface area (Å²) in [6.07, 6.45) is 0. The molecular formula is C15H12N2O. The number of rotatable bonds is 0. The van der Waals surface area contributed by atoms with E-state index in [1.165, 1.54) is 21.8 Å². The molecule has 0 N–H and O–H groups in total. The van der Waals surface area contributed by atoms with Gasteiger partial charge in [-0.1, -0.05) is 18.2 Å². The first-order valence-corrected chi connectivity index (χ1v) is 5.98. The molecule has 0 aliphatic carbocycles. The second-order valence-electron chi connectivity index (χ2n) is 4.65. The zero-order chi connectivity index (χ0) is 12.3. The molecule has 2 aromatic heterocycles. The SMILES string of the molecule is Cc1nc2cc3c4ccccc4n(C)c3cc2o1. The smallest absolute Gasteiger partial charge is 0.192 e. The molecule has 0 unspecified atom stereocenters. The van der Waals surface area contributed by atoms with Crippen LogP contribution in [0.3, 0.4) is 0 Å². The average molecular weight is 236 g/mol. The molecule has 0 bridgehead atoms. The van der Waals surface area contributed by atoms with Gasteiger partial charge >= 0.3 is 0 Å². The maximum Gasteiger partial charge on any atom is 0.192 e. The molecular weight excluding hydrogens is 224 g/mol. The highest BCUT2D eigenvalue weighted by Crippen LogP contribution is 2.31. The fourth-order valence-corrected chi connectivity index (χ4v) is 2.70. The number of aromatic nitrogens is 2. The monoisotopic (exact) mass is 236 g/mol. The lowest BCUT2D eigenvalue weighted by molar-refractivity contribution is 0.561. The molecule has 3 heteroatoms. The number of oxazole rings is 1. The van der Waals surface area contributed by atoms with Gasteiger partial charge in [0.1, 0.15) is 5.52 Å². The topological polar surface area (TPSA) is 31.0 Å². The predicted octanol–water partition coefficient (Wildman–Crippen LogP) is 3.78. The Labute approximate surface area is 104 Å². The lowest BCUT2D eigenvalue weighted by Crippen LogP contribution is -1.85. The van der Waals surface area contributed by atoms with Crippen LogP contribution in [0.2, 0.25) is 0 Å². The minimum Gasteiger partial charge on any atom is -0.441 e. The van der Waals surface area contributed by atoms with E-state index in [-0.39, 0.29) is 0 Å². The fraction of sp³-hybridized carbons (Fsp3) is 0.133. The normalized spacial score (nSPS) is 11.9. The fourth-order valence-electron chi connectivity index (χ4n) is 2.70. The highest BCUT2D eigenvalue weighted by molar-refractivity contribution is 6.11. The van der Waals surface area contributed by atoms with E-state index in [0.717, 1.165) is 11.1 Å². The Morgan fingerprint density at radius 1 is 1.06 bits per heavy atom. The second-order valence-corrected chi connectivity index (χ2v) is 4.65. The molecule has 0 radical (unpaired) electrons. The standard InChI is InChI=1S/C15H12N2O/c1-9-16-12-7-11-10-5-3-4-6-13(10)17(2)14(11)8-15(12)18-9/h3-8H,1-2H3. The molecule has 2 aromatic carbocycles. The number of hydrogen-bond donors (Lipinski definition) is 0. The van der Waals surface area contributed by atoms with Crippen molar-refractivity contribution in [3.8, 4) is 0 Å². The Kier molecular flexibility index (Phi) is 1.69. The Hall–Kier alpha value is -2.29. The van der Waals surface area contributed by atoms with Gasteiger partial charge in [0, 0.05) is 36.3 Å². The van der Waals surface area contributed by atoms with Gasteiger partial charge in [0.2, 0.25) is 0 Å². The van der Waals surface area contributed by atoms with E-state index < -0.39 is 0 Å². The minimum absolute atomic E-state index is 0.713. The Balaban J connectivity index is 2.30. The van der Waals surface area contributed by atoms with Gasteiger partial charge in [-0.2, -0.15) is 0 Å². The summed E-state index contributed by atoms with van der Waals surface area (Å²) in [5.74, 6) is 0.713. The first kappa shape index (κ1) is 9.71. The van der Waals surface area contributed by atoms with Crippen LogP contribution in [-0.4, -0.2) is 9.55 Å². The summed E-state index contributed by atoms with van der Waals surface area (Å²) in [4.78, 5) is 4.40. The summed E-state index contributed by atoms with van der Waals surface area (Å²) in [5.41, 5.74) is 4.19. The van der Waals surface area contributed by atoms with E-state index >= 15 is 0 Å². The maximum atomic E-state index is 5.60. The summed E-state index contributed by atoms with van der Waals surface area (Å²) in [6, 6.07) is 12.6. The van der Waals surface area contributed by atoms with Crippen LogP contribution in [0.15, 0.2) is 40.8 Å². The van der Waals surface area contributed by atoms with Gasteiger partial charge in [0.05, 0.1) is 5.52 Å². The van der Waals surface area contributed by atoms with Crippen LogP contribution in [0.1, 0.15) is 5.89 Å². The van der Waals surface area contributed by atoms with Crippen molar-refractivity contribution in [3.63, 3.8) is 0 Å². The minimum atomic E-state index is 0.713. The van der Waals surface area contributed by atoms with Crippen molar-refractivity contribution >= 4 is 32.9 Å². The van der Waals surface area contributed by atoms with Crippen LogP contribution in [0.4, 0.5) is 0 Å². The molecule has 3 nitrogen and oxygen atoms in total. The molecule has 88 valence electrons. The molecule has 0 fully saturated rings. The summed E-state index contributed by atoms with van der Waals surface area (Å²) < 4.78 is 7.80. The highest BCUT2D eigenvalue weighted by atomic mass is 16.3. The third-order valence-electron chi connectivity index (χ3n) is 3.53. The molecule has 0 amide bonds. The van der Waals surface area contributed by atoms with Crippen molar-refractivity contribution in [3.05, 3.63) is 42.3 Å². The molecule has 0 spiro atoms. The second kappa shape index (κ2) is 3.13. The predicted molar refractivity (Wildman–Crippen MR) is 72.7 cm³/mol. The van der Waals surface area contributed by atoms with E-state index in [9.17, 15) is 0 Å². The number of benzene rings is 2. The van der Waals surface area contributed by atoms with Crippen molar-refractivity contribution in [2.24, 2.45) is 7.05 Å². The lowest BCUT2D eigenvalue weighted by atomic mass is 10.1. The van der Waals surface area contributed by atoms with Gasteiger partial charge in [-0.3, -0.25) is 0 Å². The Morgan fingerprint density at radius 2 is 1.89 bits per heavy atom. The number of hydrogen-bond acceptors (Lipinski definition) is 2. The molecule has 0 saturated heterocycles. The molecule has 0 saturated carbocycles. The Bertz CT molecular complexity index is 899. The van der Waals surface area contributed by atoms with Crippen LogP contribution >= 0.6 is 0 Å². The third-order valence-corrected chi connectivity index (χ3v) is 3.53. The van der Waals surface area contributed by atoms with Crippen molar-refractivity contribution in [2.45, 2.75) is 6.92 Å². The molecule has 2 heterocycles. The third kappa shape index (κ3) is 1.11. The summed E-state index contributed by atoms with van der Waals surface area (Å²) in [6.45, 7) is 1.88. The number of nitrogens with zero attached hydrogens (tertiary/aromatic N) is 2. The van der Waals surface area contributed by atoms with Gasteiger partial charge in [-0.15, -0.1) is 0 Å². The van der Waals surface area contributed by atoms with E-state index in [2.05, 4.69) is 53.0 Å². The van der Waals surface area contributed by atoms with E-state index in [1.807, 2.05) is 6.92 Å². The van der Waals surface area contributed by atoms with E-state index in [0.29, 0.717) is 5.89 Å². The summed E-state index contributed by atoms with van der Waals surface area (Å²) in [5, 5.41) is 2.49. The zero-order valence-electron chi connectivity index (χ0n) is 10.3. The van der Waals surface area contributed by atoms with Gasteiger partial charge in [-0.05, 0) is 12.1 Å². The number of aryl methyl sites for hydroxylation is 2. The molecule has 0 atom stereocenters. The van der Waals surface area contributed by atoms with E-state index in [4.69, 9.17) is 4.42 Å². The molecule has 18 heavy (non-hydrogen) atoms. The van der Waals surface area contributed by atoms with Gasteiger partial charge in [-0.25, -0.2) is 4.98 Å². The maximum absolute atomic E-state index is 5.60. The molecule has 4 rings (SSSR count). The molecule has 4 aromatic rings. The Morgan fingerprint density at radius 3 is 2.78 bits per heavy atom. The number of para-hydroxylation sites is 1. The van der Waals surface area contributed by atoms with Gasteiger partial charge < -0.3 is 8.98 Å². The zero-order valence-corrected chi connectivity index (χ0v) is 10.3. The van der Waals surface area contributed by atoms with Crippen molar-refractivity contribution in [1.29, 1.82) is 0 Å². The highest BCUT2D eigenvalue weighted by Gasteiger charge is 2.11. The van der Waals surface area contributed by atoms with Crippen LogP contribution in [-0.2, 0) is 7.05 Å². The quantitative estimate of drug-likeness (QED) is 0.465. The summed E-state index contributed by atoms with van der Waals surface area (Å²) in [7, 11) is 2.08. The van der Waals surface area contributed by atoms with Crippen LogP contribution in [0.5, 0.6) is 0 Å². The van der Waals surface area contributed by atoms with Gasteiger partial charge in [0.15, 0.2) is 11.5 Å². The first-order valence-electron chi connectivity index (χ1n) is 5.98. The van der Waals surface area contributed by atoms with Crippen LogP contribution in [0, 0.1) is 6.92 Å². The van der Waals surface area contributed by atoms with Crippen molar-refractivity contribution in [1.82, 2.24) is 9.55 Å². The van der Waals surface area contributed by atoms with Crippen molar-refractivity contribution in [2.75, 3.05) is 0 Å². The van der Waals surface area contributed by atoms with Gasteiger partial charge in [0.25, 0.3) is 0 Å². The lowest BCUT2D eigenvalue weighted by Gasteiger charge is -1.96. The number of fused-ring (bicyclic) bond motifs is 4.